The molecule has 1 aliphatic rings. The first-order chi connectivity index (χ1) is 12.9. The van der Waals surface area contributed by atoms with Crippen molar-refractivity contribution in [2.24, 2.45) is 10.4 Å². The third kappa shape index (κ3) is 6.34. The molecule has 2 rings (SSSR count). The van der Waals surface area contributed by atoms with Gasteiger partial charge in [0.2, 0.25) is 5.91 Å². The number of piperazine rings is 1. The highest BCUT2D eigenvalue weighted by Gasteiger charge is 2.29. The summed E-state index contributed by atoms with van der Waals surface area (Å²) in [7, 11) is 3.48. The van der Waals surface area contributed by atoms with Crippen LogP contribution in [-0.4, -0.2) is 68.5 Å². The lowest BCUT2D eigenvalue weighted by Gasteiger charge is -2.40. The maximum absolute atomic E-state index is 12.0. The molecule has 1 amide bonds. The van der Waals surface area contributed by atoms with Crippen LogP contribution in [0.5, 0.6) is 0 Å². The van der Waals surface area contributed by atoms with Crippen LogP contribution in [0.3, 0.4) is 0 Å². The van der Waals surface area contributed by atoms with Gasteiger partial charge in [0.05, 0.1) is 5.41 Å². The Hall–Kier alpha value is -1.35. The summed E-state index contributed by atoms with van der Waals surface area (Å²) >= 11 is 0. The molecule has 1 atom stereocenters. The highest BCUT2D eigenvalue weighted by atomic mass is 127. The van der Waals surface area contributed by atoms with E-state index in [0.717, 1.165) is 38.6 Å². The molecule has 1 fully saturated rings. The normalized spacial score (nSPS) is 16.9. The zero-order valence-electron chi connectivity index (χ0n) is 17.9. The lowest BCUT2D eigenvalue weighted by atomic mass is 9.92. The fraction of sp³-hybridized carbons (Fsp3) is 0.619. The van der Waals surface area contributed by atoms with Gasteiger partial charge in [0.15, 0.2) is 5.96 Å². The van der Waals surface area contributed by atoms with Gasteiger partial charge in [-0.1, -0.05) is 37.3 Å². The highest BCUT2D eigenvalue weighted by molar-refractivity contribution is 14.0. The van der Waals surface area contributed by atoms with E-state index in [2.05, 4.69) is 62.7 Å². The summed E-state index contributed by atoms with van der Waals surface area (Å²) in [5.41, 5.74) is 0.913. The molecular weight excluding hydrogens is 465 g/mol. The largest absolute Gasteiger partial charge is 0.359 e. The Balaban J connectivity index is 0.00000392. The Morgan fingerprint density at radius 2 is 1.79 bits per heavy atom. The van der Waals surface area contributed by atoms with Gasteiger partial charge >= 0.3 is 0 Å². The molecule has 158 valence electrons. The number of carbonyl (C=O) groups excluding carboxylic acids is 1. The SMILES string of the molecule is CCC(c1ccccc1)N1CCN(C(=NC)NCC(C)(C)C(=O)NC)CC1.I. The molecule has 1 heterocycles. The molecule has 0 aromatic heterocycles. The summed E-state index contributed by atoms with van der Waals surface area (Å²) < 4.78 is 0. The molecule has 0 spiro atoms. The van der Waals surface area contributed by atoms with Gasteiger partial charge < -0.3 is 15.5 Å². The van der Waals surface area contributed by atoms with Crippen molar-refractivity contribution in [3.63, 3.8) is 0 Å². The van der Waals surface area contributed by atoms with Gasteiger partial charge in [-0.3, -0.25) is 14.7 Å². The number of benzene rings is 1. The van der Waals surface area contributed by atoms with Gasteiger partial charge in [-0.15, -0.1) is 24.0 Å². The van der Waals surface area contributed by atoms with Crippen molar-refractivity contribution in [3.8, 4) is 0 Å². The fourth-order valence-electron chi connectivity index (χ4n) is 3.68. The van der Waals surface area contributed by atoms with Crippen LogP contribution in [-0.2, 0) is 4.79 Å². The molecule has 7 heteroatoms. The average Bonchev–Trinajstić information content (AvgIpc) is 2.70. The summed E-state index contributed by atoms with van der Waals surface area (Å²) in [6.45, 7) is 10.6. The third-order valence-corrected chi connectivity index (χ3v) is 5.37. The topological polar surface area (TPSA) is 60.0 Å². The lowest BCUT2D eigenvalue weighted by molar-refractivity contribution is -0.128. The number of amides is 1. The predicted molar refractivity (Wildman–Crippen MR) is 127 cm³/mol. The second-order valence-corrected chi connectivity index (χ2v) is 7.72. The van der Waals surface area contributed by atoms with Gasteiger partial charge in [-0.2, -0.15) is 0 Å². The monoisotopic (exact) mass is 501 g/mol. The molecule has 1 aromatic rings. The van der Waals surface area contributed by atoms with Crippen LogP contribution in [0.15, 0.2) is 35.3 Å². The standard InChI is InChI=1S/C21H35N5O.HI/c1-6-18(17-10-8-7-9-11-17)25-12-14-26(15-13-25)20(23-5)24-16-21(2,3)19(27)22-4;/h7-11,18H,6,12-16H2,1-5H3,(H,22,27)(H,23,24);1H. The van der Waals surface area contributed by atoms with E-state index in [9.17, 15) is 4.79 Å². The minimum atomic E-state index is -0.479. The first-order valence-corrected chi connectivity index (χ1v) is 9.89. The second kappa shape index (κ2) is 11.6. The van der Waals surface area contributed by atoms with Crippen molar-refractivity contribution in [1.29, 1.82) is 0 Å². The van der Waals surface area contributed by atoms with E-state index < -0.39 is 5.41 Å². The number of nitrogens with zero attached hydrogens (tertiary/aromatic N) is 3. The van der Waals surface area contributed by atoms with Crippen LogP contribution >= 0.6 is 24.0 Å². The zero-order chi connectivity index (χ0) is 19.9. The minimum Gasteiger partial charge on any atom is -0.359 e. The van der Waals surface area contributed by atoms with Crippen LogP contribution in [0.1, 0.15) is 38.8 Å². The van der Waals surface area contributed by atoms with Gasteiger partial charge in [0, 0.05) is 52.9 Å². The van der Waals surface area contributed by atoms with Gasteiger partial charge in [0.25, 0.3) is 0 Å². The Morgan fingerprint density at radius 3 is 2.29 bits per heavy atom. The fourth-order valence-corrected chi connectivity index (χ4v) is 3.68. The van der Waals surface area contributed by atoms with Crippen molar-refractivity contribution >= 4 is 35.8 Å². The highest BCUT2D eigenvalue weighted by Crippen LogP contribution is 2.25. The molecule has 0 bridgehead atoms. The quantitative estimate of drug-likeness (QED) is 0.358. The van der Waals surface area contributed by atoms with Crippen molar-refractivity contribution in [3.05, 3.63) is 35.9 Å². The first kappa shape index (κ1) is 24.7. The summed E-state index contributed by atoms with van der Waals surface area (Å²) in [6.07, 6.45) is 1.11. The van der Waals surface area contributed by atoms with Crippen LogP contribution < -0.4 is 10.6 Å². The Labute approximate surface area is 187 Å². The molecule has 2 N–H and O–H groups in total. The average molecular weight is 501 g/mol. The molecule has 0 radical (unpaired) electrons. The number of halogens is 1. The van der Waals surface area contributed by atoms with E-state index in [1.807, 2.05) is 13.8 Å². The summed E-state index contributed by atoms with van der Waals surface area (Å²) in [6, 6.07) is 11.2. The van der Waals surface area contributed by atoms with Crippen molar-refractivity contribution < 1.29 is 4.79 Å². The second-order valence-electron chi connectivity index (χ2n) is 7.72. The number of hydrogen-bond acceptors (Lipinski definition) is 3. The molecule has 28 heavy (non-hydrogen) atoms. The van der Waals surface area contributed by atoms with Crippen LogP contribution in [0.25, 0.3) is 0 Å². The van der Waals surface area contributed by atoms with Crippen LogP contribution in [0.2, 0.25) is 0 Å². The third-order valence-electron chi connectivity index (χ3n) is 5.37. The zero-order valence-corrected chi connectivity index (χ0v) is 20.2. The van der Waals surface area contributed by atoms with Gasteiger partial charge in [0.1, 0.15) is 0 Å². The number of guanidine groups is 1. The number of aliphatic imine (C=N–C) groups is 1. The van der Waals surface area contributed by atoms with Gasteiger partial charge in [-0.05, 0) is 25.8 Å². The number of rotatable bonds is 6. The van der Waals surface area contributed by atoms with Crippen LogP contribution in [0.4, 0.5) is 0 Å². The minimum absolute atomic E-state index is 0. The smallest absolute Gasteiger partial charge is 0.227 e. The molecule has 1 unspecified atom stereocenters. The van der Waals surface area contributed by atoms with Crippen molar-refractivity contribution in [2.75, 3.05) is 46.8 Å². The van der Waals surface area contributed by atoms with E-state index in [-0.39, 0.29) is 29.9 Å². The summed E-state index contributed by atoms with van der Waals surface area (Å²) in [4.78, 5) is 21.3. The van der Waals surface area contributed by atoms with Crippen molar-refractivity contribution in [1.82, 2.24) is 20.4 Å². The Kier molecular flexibility index (Phi) is 10.2. The lowest BCUT2D eigenvalue weighted by Crippen LogP contribution is -2.54. The van der Waals surface area contributed by atoms with Crippen LogP contribution in [0, 0.1) is 5.41 Å². The molecule has 0 saturated carbocycles. The molecular formula is C21H36IN5O. The molecule has 1 aliphatic heterocycles. The van der Waals surface area contributed by atoms with E-state index in [1.165, 1.54) is 5.56 Å². The van der Waals surface area contributed by atoms with E-state index in [0.29, 0.717) is 12.6 Å². The molecule has 1 aromatic carbocycles. The molecule has 6 nitrogen and oxygen atoms in total. The number of hydrogen-bond donors (Lipinski definition) is 2. The number of nitrogens with one attached hydrogen (secondary N) is 2. The molecule has 0 aliphatic carbocycles. The van der Waals surface area contributed by atoms with E-state index in [1.54, 1.807) is 14.1 Å². The Morgan fingerprint density at radius 1 is 1.18 bits per heavy atom. The van der Waals surface area contributed by atoms with Crippen molar-refractivity contribution in [2.45, 2.75) is 33.2 Å². The van der Waals surface area contributed by atoms with E-state index >= 15 is 0 Å². The number of carbonyl (C=O) groups is 1. The van der Waals surface area contributed by atoms with Gasteiger partial charge in [-0.25, -0.2) is 0 Å². The predicted octanol–water partition coefficient (Wildman–Crippen LogP) is 2.72. The first-order valence-electron chi connectivity index (χ1n) is 9.89. The molecule has 1 saturated heterocycles. The Bertz CT molecular complexity index is 627. The summed E-state index contributed by atoms with van der Waals surface area (Å²) in [5.74, 6) is 0.906. The van der Waals surface area contributed by atoms with E-state index in [4.69, 9.17) is 0 Å². The summed E-state index contributed by atoms with van der Waals surface area (Å²) in [5, 5.41) is 6.11. The maximum atomic E-state index is 12.0. The maximum Gasteiger partial charge on any atom is 0.227 e.